The molecule has 0 aromatic heterocycles. The average Bonchev–Trinajstić information content (AvgIpc) is 3.55. The van der Waals surface area contributed by atoms with Gasteiger partial charge in [-0.25, -0.2) is 0 Å². The number of benzene rings is 2. The van der Waals surface area contributed by atoms with Gasteiger partial charge in [-0.05, 0) is 54.3 Å². The van der Waals surface area contributed by atoms with Crippen molar-refractivity contribution in [2.24, 2.45) is 0 Å². The first-order valence-corrected chi connectivity index (χ1v) is 9.91. The normalized spacial score (nSPS) is 15.2. The summed E-state index contributed by atoms with van der Waals surface area (Å²) in [4.78, 5) is 24.1. The molecule has 0 spiro atoms. The second-order valence-electron chi connectivity index (χ2n) is 7.02. The van der Waals surface area contributed by atoms with Crippen LogP contribution in [0.1, 0.15) is 34.3 Å². The lowest BCUT2D eigenvalue weighted by Gasteiger charge is -2.20. The molecule has 0 radical (unpaired) electrons. The fraction of sp³-hybridized carbons (Fsp3) is 0.273. The number of ether oxygens (including phenoxy) is 2. The summed E-state index contributed by atoms with van der Waals surface area (Å²) in [6.07, 6.45) is 5.27. The first-order chi connectivity index (χ1) is 14.1. The van der Waals surface area contributed by atoms with Crippen molar-refractivity contribution < 1.29 is 19.1 Å². The van der Waals surface area contributed by atoms with Gasteiger partial charge in [0.1, 0.15) is 13.2 Å². The van der Waals surface area contributed by atoms with E-state index in [0.717, 1.165) is 24.0 Å². The van der Waals surface area contributed by atoms with E-state index in [-0.39, 0.29) is 11.8 Å². The standard InChI is InChI=1S/C22H21ClN2O4/c23-18-11-15(12-19-21(18)29-10-9-28-19)13-24-20(26)8-3-14-1-4-16(5-2-14)22(27)25-17-6-7-17/h1-5,8,11-12,17H,6-7,9-10,13H2,(H,24,26)(H,25,27)/b8-3+. The van der Waals surface area contributed by atoms with Crippen LogP contribution in [0.25, 0.3) is 6.08 Å². The van der Waals surface area contributed by atoms with Gasteiger partial charge in [-0.1, -0.05) is 23.7 Å². The molecule has 7 heteroatoms. The molecule has 2 aromatic rings. The third-order valence-corrected chi connectivity index (χ3v) is 4.92. The highest BCUT2D eigenvalue weighted by atomic mass is 35.5. The van der Waals surface area contributed by atoms with Gasteiger partial charge >= 0.3 is 0 Å². The molecule has 1 heterocycles. The molecule has 2 aromatic carbocycles. The molecule has 1 saturated carbocycles. The van der Waals surface area contributed by atoms with E-state index in [1.807, 2.05) is 18.2 Å². The molecule has 150 valence electrons. The summed E-state index contributed by atoms with van der Waals surface area (Å²) < 4.78 is 11.0. The second-order valence-corrected chi connectivity index (χ2v) is 7.43. The maximum absolute atomic E-state index is 12.1. The smallest absolute Gasteiger partial charge is 0.251 e. The predicted molar refractivity (Wildman–Crippen MR) is 110 cm³/mol. The van der Waals surface area contributed by atoms with Gasteiger partial charge in [0.15, 0.2) is 11.5 Å². The number of amides is 2. The van der Waals surface area contributed by atoms with Gasteiger partial charge in [0.05, 0.1) is 5.02 Å². The van der Waals surface area contributed by atoms with Gasteiger partial charge in [-0.3, -0.25) is 9.59 Å². The summed E-state index contributed by atoms with van der Waals surface area (Å²) in [5, 5.41) is 6.23. The Kier molecular flexibility index (Phi) is 5.71. The van der Waals surface area contributed by atoms with Crippen LogP contribution in [0.15, 0.2) is 42.5 Å². The molecule has 1 aliphatic heterocycles. The number of hydrogen-bond donors (Lipinski definition) is 2. The molecule has 1 aliphatic carbocycles. The van der Waals surface area contributed by atoms with Crippen LogP contribution in [-0.2, 0) is 11.3 Å². The maximum atomic E-state index is 12.1. The van der Waals surface area contributed by atoms with Crippen LogP contribution in [0.4, 0.5) is 0 Å². The van der Waals surface area contributed by atoms with E-state index in [1.165, 1.54) is 6.08 Å². The SMILES string of the molecule is O=C(/C=C/c1ccc(C(=O)NC2CC2)cc1)NCc1cc(Cl)c2c(c1)OCCO2. The highest BCUT2D eigenvalue weighted by molar-refractivity contribution is 6.32. The van der Waals surface area contributed by atoms with Crippen LogP contribution in [0.5, 0.6) is 11.5 Å². The van der Waals surface area contributed by atoms with Crippen LogP contribution in [0.2, 0.25) is 5.02 Å². The van der Waals surface area contributed by atoms with Crippen LogP contribution in [-0.4, -0.2) is 31.1 Å². The molecule has 6 nitrogen and oxygen atoms in total. The van der Waals surface area contributed by atoms with Crippen molar-refractivity contribution >= 4 is 29.5 Å². The molecule has 1 fully saturated rings. The molecular weight excluding hydrogens is 392 g/mol. The summed E-state index contributed by atoms with van der Waals surface area (Å²) in [5.74, 6) is 0.849. The van der Waals surface area contributed by atoms with Crippen molar-refractivity contribution in [3.8, 4) is 11.5 Å². The third-order valence-electron chi connectivity index (χ3n) is 4.64. The molecule has 0 saturated heterocycles. The van der Waals surface area contributed by atoms with Crippen molar-refractivity contribution in [2.75, 3.05) is 13.2 Å². The topological polar surface area (TPSA) is 76.7 Å². The van der Waals surface area contributed by atoms with E-state index in [1.54, 1.807) is 24.3 Å². The Morgan fingerprint density at radius 3 is 2.62 bits per heavy atom. The summed E-state index contributed by atoms with van der Waals surface area (Å²) in [6, 6.07) is 11.0. The monoisotopic (exact) mass is 412 g/mol. The first kappa shape index (κ1) is 19.3. The minimum absolute atomic E-state index is 0.0566. The summed E-state index contributed by atoms with van der Waals surface area (Å²) in [7, 11) is 0. The maximum Gasteiger partial charge on any atom is 0.251 e. The van der Waals surface area contributed by atoms with Crippen LogP contribution < -0.4 is 20.1 Å². The quantitative estimate of drug-likeness (QED) is 0.713. The number of rotatable bonds is 6. The first-order valence-electron chi connectivity index (χ1n) is 9.53. The Bertz CT molecular complexity index is 952. The van der Waals surface area contributed by atoms with E-state index in [2.05, 4.69) is 10.6 Å². The highest BCUT2D eigenvalue weighted by Gasteiger charge is 2.23. The Hall–Kier alpha value is -2.99. The summed E-state index contributed by atoms with van der Waals surface area (Å²) in [5.41, 5.74) is 2.28. The second kappa shape index (κ2) is 8.57. The summed E-state index contributed by atoms with van der Waals surface area (Å²) in [6.45, 7) is 1.27. The largest absolute Gasteiger partial charge is 0.486 e. The molecule has 2 aliphatic rings. The predicted octanol–water partition coefficient (Wildman–Crippen LogP) is 3.33. The van der Waals surface area contributed by atoms with Crippen molar-refractivity contribution in [1.82, 2.24) is 10.6 Å². The number of carbonyl (C=O) groups excluding carboxylic acids is 2. The number of halogens is 1. The van der Waals surface area contributed by atoms with Crippen molar-refractivity contribution in [2.45, 2.75) is 25.4 Å². The van der Waals surface area contributed by atoms with E-state index in [4.69, 9.17) is 21.1 Å². The molecule has 0 atom stereocenters. The van der Waals surface area contributed by atoms with Gasteiger partial charge in [-0.2, -0.15) is 0 Å². The van der Waals surface area contributed by atoms with Crippen LogP contribution >= 0.6 is 11.6 Å². The molecule has 29 heavy (non-hydrogen) atoms. The number of hydrogen-bond acceptors (Lipinski definition) is 4. The van der Waals surface area contributed by atoms with Gasteiger partial charge in [0.25, 0.3) is 5.91 Å². The zero-order valence-corrected chi connectivity index (χ0v) is 16.5. The van der Waals surface area contributed by atoms with Gasteiger partial charge < -0.3 is 20.1 Å². The van der Waals surface area contributed by atoms with E-state index >= 15 is 0 Å². The minimum Gasteiger partial charge on any atom is -0.486 e. The Morgan fingerprint density at radius 1 is 1.10 bits per heavy atom. The molecule has 4 rings (SSSR count). The lowest BCUT2D eigenvalue weighted by Crippen LogP contribution is -2.25. The van der Waals surface area contributed by atoms with Gasteiger partial charge in [-0.15, -0.1) is 0 Å². The summed E-state index contributed by atoms with van der Waals surface area (Å²) >= 11 is 6.21. The Balaban J connectivity index is 1.30. The lowest BCUT2D eigenvalue weighted by atomic mass is 10.1. The van der Waals surface area contributed by atoms with Crippen molar-refractivity contribution in [3.05, 3.63) is 64.2 Å². The van der Waals surface area contributed by atoms with E-state index in [0.29, 0.717) is 47.9 Å². The minimum atomic E-state index is -0.230. The zero-order chi connectivity index (χ0) is 20.2. The molecular formula is C22H21ClN2O4. The lowest BCUT2D eigenvalue weighted by molar-refractivity contribution is -0.116. The van der Waals surface area contributed by atoms with Crippen LogP contribution in [0, 0.1) is 0 Å². The van der Waals surface area contributed by atoms with E-state index < -0.39 is 0 Å². The molecule has 0 unspecified atom stereocenters. The number of carbonyl (C=O) groups is 2. The zero-order valence-electron chi connectivity index (χ0n) is 15.7. The van der Waals surface area contributed by atoms with Gasteiger partial charge in [0, 0.05) is 24.2 Å². The Morgan fingerprint density at radius 2 is 1.86 bits per heavy atom. The third kappa shape index (κ3) is 5.09. The Labute approximate surface area is 173 Å². The van der Waals surface area contributed by atoms with Gasteiger partial charge in [0.2, 0.25) is 5.91 Å². The fourth-order valence-electron chi connectivity index (χ4n) is 2.93. The van der Waals surface area contributed by atoms with E-state index in [9.17, 15) is 9.59 Å². The highest BCUT2D eigenvalue weighted by Crippen LogP contribution is 2.38. The molecule has 0 bridgehead atoms. The van der Waals surface area contributed by atoms with Crippen molar-refractivity contribution in [1.29, 1.82) is 0 Å². The average molecular weight is 413 g/mol. The number of nitrogens with one attached hydrogen (secondary N) is 2. The van der Waals surface area contributed by atoms with Crippen LogP contribution in [0.3, 0.4) is 0 Å². The number of fused-ring (bicyclic) bond motifs is 1. The fourth-order valence-corrected chi connectivity index (χ4v) is 3.22. The molecule has 2 N–H and O–H groups in total. The van der Waals surface area contributed by atoms with Crippen molar-refractivity contribution in [3.63, 3.8) is 0 Å². The molecule has 2 amide bonds.